The van der Waals surface area contributed by atoms with Gasteiger partial charge in [0.1, 0.15) is 12.3 Å². The van der Waals surface area contributed by atoms with Crippen molar-refractivity contribution >= 4 is 18.1 Å². The molecule has 98 valence electrons. The second-order valence-electron chi connectivity index (χ2n) is 3.56. The summed E-state index contributed by atoms with van der Waals surface area (Å²) in [6.07, 6.45) is 1.44. The number of nitrogens with one attached hydrogen (secondary N) is 1. The van der Waals surface area contributed by atoms with Crippen LogP contribution >= 0.6 is 0 Å². The summed E-state index contributed by atoms with van der Waals surface area (Å²) in [5.74, 6) is -0.246. The van der Waals surface area contributed by atoms with Crippen LogP contribution in [0.2, 0.25) is 0 Å². The van der Waals surface area contributed by atoms with E-state index in [0.717, 1.165) is 10.4 Å². The average Bonchev–Trinajstić information content (AvgIpc) is 2.77. The molecule has 2 aromatic rings. The highest BCUT2D eigenvalue weighted by atomic mass is 16.3. The fourth-order valence-corrected chi connectivity index (χ4v) is 1.23. The molecule has 1 heterocycles. The zero-order valence-electron chi connectivity index (χ0n) is 9.76. The van der Waals surface area contributed by atoms with Crippen molar-refractivity contribution in [2.75, 3.05) is 5.73 Å². The van der Waals surface area contributed by atoms with Gasteiger partial charge in [-0.1, -0.05) is 5.10 Å². The van der Waals surface area contributed by atoms with Crippen molar-refractivity contribution in [3.8, 4) is 5.75 Å². The molecule has 0 fully saturated rings. The first-order valence-electron chi connectivity index (χ1n) is 5.28. The number of nitrogens with zero attached hydrogens (tertiary/aromatic N) is 5. The molecule has 0 radical (unpaired) electrons. The average molecular weight is 261 g/mol. The summed E-state index contributed by atoms with van der Waals surface area (Å²) in [4.78, 5) is 12.5. The third-order valence-corrected chi connectivity index (χ3v) is 2.05. The van der Waals surface area contributed by atoms with Gasteiger partial charge in [0.25, 0.3) is 11.9 Å². The van der Waals surface area contributed by atoms with E-state index in [1.807, 2.05) is 0 Å². The van der Waals surface area contributed by atoms with Gasteiger partial charge in [-0.3, -0.25) is 4.79 Å². The number of benzene rings is 1. The fraction of sp³-hybridized carbons (Fsp3) is 0.100. The van der Waals surface area contributed by atoms with Crippen LogP contribution in [0.4, 0.5) is 5.95 Å². The lowest BCUT2D eigenvalue weighted by Gasteiger charge is -1.98. The van der Waals surface area contributed by atoms with Crippen LogP contribution in [-0.4, -0.2) is 37.4 Å². The maximum Gasteiger partial charge on any atom is 0.263 e. The van der Waals surface area contributed by atoms with Crippen molar-refractivity contribution in [1.82, 2.24) is 25.6 Å². The van der Waals surface area contributed by atoms with Crippen molar-refractivity contribution in [2.24, 2.45) is 5.10 Å². The van der Waals surface area contributed by atoms with Crippen LogP contribution in [-0.2, 0) is 11.3 Å². The lowest BCUT2D eigenvalue weighted by atomic mass is 10.2. The number of nitrogens with two attached hydrogens (primary N) is 1. The number of carbonyl (C=O) groups is 1. The number of amides is 1. The zero-order chi connectivity index (χ0) is 13.7. The van der Waals surface area contributed by atoms with E-state index < -0.39 is 5.91 Å². The Balaban J connectivity index is 1.84. The van der Waals surface area contributed by atoms with E-state index in [9.17, 15) is 4.79 Å². The van der Waals surface area contributed by atoms with E-state index in [0.29, 0.717) is 0 Å². The molecule has 19 heavy (non-hydrogen) atoms. The Morgan fingerprint density at radius 1 is 1.47 bits per heavy atom. The third-order valence-electron chi connectivity index (χ3n) is 2.05. The fourth-order valence-electron chi connectivity index (χ4n) is 1.23. The lowest BCUT2D eigenvalue weighted by molar-refractivity contribution is -0.122. The highest BCUT2D eigenvalue weighted by Gasteiger charge is 2.04. The first-order chi connectivity index (χ1) is 9.13. The van der Waals surface area contributed by atoms with Gasteiger partial charge in [-0.25, -0.2) is 5.43 Å². The quantitative estimate of drug-likeness (QED) is 0.483. The van der Waals surface area contributed by atoms with Crippen LogP contribution in [0.3, 0.4) is 0 Å². The molecule has 0 unspecified atom stereocenters. The molecule has 0 aliphatic rings. The molecule has 1 aromatic carbocycles. The number of nitrogen functional groups attached to an aromatic ring is 1. The zero-order valence-corrected chi connectivity index (χ0v) is 9.76. The Hall–Kier alpha value is -2.97. The molecular formula is C10H11N7O2. The van der Waals surface area contributed by atoms with Gasteiger partial charge in [0.15, 0.2) is 0 Å². The molecule has 2 rings (SSSR count). The molecule has 0 saturated heterocycles. The number of phenols is 1. The minimum atomic E-state index is -0.410. The number of hydrazone groups is 1. The maximum atomic E-state index is 11.4. The van der Waals surface area contributed by atoms with Crippen LogP contribution in [0, 0.1) is 0 Å². The topological polar surface area (TPSA) is 131 Å². The normalized spacial score (nSPS) is 10.7. The Morgan fingerprint density at radius 2 is 2.21 bits per heavy atom. The summed E-state index contributed by atoms with van der Waals surface area (Å²) in [5.41, 5.74) is 8.29. The van der Waals surface area contributed by atoms with Crippen LogP contribution in [0.5, 0.6) is 5.75 Å². The van der Waals surface area contributed by atoms with E-state index >= 15 is 0 Å². The van der Waals surface area contributed by atoms with Gasteiger partial charge in [0, 0.05) is 0 Å². The van der Waals surface area contributed by atoms with E-state index in [1.165, 1.54) is 18.3 Å². The third kappa shape index (κ3) is 3.77. The second-order valence-corrected chi connectivity index (χ2v) is 3.56. The Labute approximate surface area is 107 Å². The standard InChI is InChI=1S/C10H11N7O2/c11-10-14-16-17(15-10)6-9(19)13-12-5-7-1-3-8(18)4-2-7/h1-5,18H,6H2,(H2,11,15)(H,13,19)/b12-5-. The first-order valence-corrected chi connectivity index (χ1v) is 5.28. The Kier molecular flexibility index (Phi) is 3.67. The van der Waals surface area contributed by atoms with Gasteiger partial charge in [0.05, 0.1) is 6.21 Å². The van der Waals surface area contributed by atoms with Gasteiger partial charge in [0.2, 0.25) is 0 Å². The molecule has 0 atom stereocenters. The van der Waals surface area contributed by atoms with Gasteiger partial charge >= 0.3 is 0 Å². The summed E-state index contributed by atoms with van der Waals surface area (Å²) in [5, 5.41) is 23.5. The lowest BCUT2D eigenvalue weighted by Crippen LogP contribution is -2.24. The molecule has 0 saturated carbocycles. The molecule has 9 nitrogen and oxygen atoms in total. The molecule has 1 amide bonds. The van der Waals surface area contributed by atoms with Crippen LogP contribution in [0.1, 0.15) is 5.56 Å². The molecule has 1 aromatic heterocycles. The number of aromatic nitrogens is 4. The van der Waals surface area contributed by atoms with Crippen molar-refractivity contribution < 1.29 is 9.90 Å². The van der Waals surface area contributed by atoms with Gasteiger partial charge in [-0.05, 0) is 35.0 Å². The van der Waals surface area contributed by atoms with Crippen LogP contribution in [0.25, 0.3) is 0 Å². The first kappa shape index (κ1) is 12.5. The summed E-state index contributed by atoms with van der Waals surface area (Å²) < 4.78 is 0. The number of rotatable bonds is 4. The molecule has 9 heteroatoms. The van der Waals surface area contributed by atoms with E-state index in [1.54, 1.807) is 12.1 Å². The van der Waals surface area contributed by atoms with Crippen LogP contribution in [0.15, 0.2) is 29.4 Å². The molecule has 0 aliphatic heterocycles. The highest BCUT2D eigenvalue weighted by Crippen LogP contribution is 2.07. The predicted octanol–water partition coefficient (Wildman–Crippen LogP) is -0.889. The second kappa shape index (κ2) is 5.58. The number of aromatic hydroxyl groups is 1. The number of hydrogen-bond acceptors (Lipinski definition) is 7. The minimum absolute atomic E-state index is 0.000365. The van der Waals surface area contributed by atoms with Gasteiger partial charge in [-0.2, -0.15) is 9.90 Å². The molecule has 0 aliphatic carbocycles. The summed E-state index contributed by atoms with van der Waals surface area (Å²) >= 11 is 0. The molecule has 0 spiro atoms. The van der Waals surface area contributed by atoms with E-state index in [-0.39, 0.29) is 18.2 Å². The van der Waals surface area contributed by atoms with Crippen molar-refractivity contribution in [3.05, 3.63) is 29.8 Å². The molecule has 0 bridgehead atoms. The highest BCUT2D eigenvalue weighted by molar-refractivity contribution is 5.82. The smallest absolute Gasteiger partial charge is 0.263 e. The van der Waals surface area contributed by atoms with E-state index in [2.05, 4.69) is 25.9 Å². The maximum absolute atomic E-state index is 11.4. The number of carbonyl (C=O) groups excluding carboxylic acids is 1. The Bertz CT molecular complexity index is 590. The molecular weight excluding hydrogens is 250 g/mol. The van der Waals surface area contributed by atoms with Crippen molar-refractivity contribution in [2.45, 2.75) is 6.54 Å². The molecule has 4 N–H and O–H groups in total. The minimum Gasteiger partial charge on any atom is -0.508 e. The number of phenolic OH excluding ortho intramolecular Hbond substituents is 1. The summed E-state index contributed by atoms with van der Waals surface area (Å²) in [6.45, 7) is -0.128. The van der Waals surface area contributed by atoms with E-state index in [4.69, 9.17) is 10.8 Å². The predicted molar refractivity (Wildman–Crippen MR) is 66.1 cm³/mol. The largest absolute Gasteiger partial charge is 0.508 e. The van der Waals surface area contributed by atoms with Crippen molar-refractivity contribution in [3.63, 3.8) is 0 Å². The SMILES string of the molecule is Nc1nnn(CC(=O)N/N=C\c2ccc(O)cc2)n1. The van der Waals surface area contributed by atoms with Crippen LogP contribution < -0.4 is 11.2 Å². The number of anilines is 1. The van der Waals surface area contributed by atoms with Gasteiger partial charge < -0.3 is 10.8 Å². The Morgan fingerprint density at radius 3 is 2.84 bits per heavy atom. The van der Waals surface area contributed by atoms with Gasteiger partial charge in [-0.15, -0.1) is 5.10 Å². The monoisotopic (exact) mass is 261 g/mol. The van der Waals surface area contributed by atoms with Crippen molar-refractivity contribution in [1.29, 1.82) is 0 Å². The number of tetrazole rings is 1. The summed E-state index contributed by atoms with van der Waals surface area (Å²) in [6, 6.07) is 6.35. The summed E-state index contributed by atoms with van der Waals surface area (Å²) in [7, 11) is 0. The number of hydrogen-bond donors (Lipinski definition) is 3.